The third-order valence-corrected chi connectivity index (χ3v) is 6.51. The van der Waals surface area contributed by atoms with Crippen LogP contribution in [-0.4, -0.2) is 13.1 Å². The van der Waals surface area contributed by atoms with Crippen molar-refractivity contribution in [2.45, 2.75) is 25.4 Å². The van der Waals surface area contributed by atoms with E-state index >= 15 is 0 Å². The minimum absolute atomic E-state index is 0.0565. The molecule has 1 N–H and O–H groups in total. The van der Waals surface area contributed by atoms with Gasteiger partial charge >= 0.3 is 0 Å². The molecule has 0 amide bonds. The minimum atomic E-state index is -0.500. The number of hydrogen-bond donors (Lipinski definition) is 1. The second-order valence-corrected chi connectivity index (χ2v) is 8.62. The zero-order valence-electron chi connectivity index (χ0n) is 18.2. The van der Waals surface area contributed by atoms with Gasteiger partial charge in [-0.1, -0.05) is 60.7 Å². The van der Waals surface area contributed by atoms with E-state index in [0.717, 1.165) is 37.1 Å². The summed E-state index contributed by atoms with van der Waals surface area (Å²) in [4.78, 5) is 12.7. The van der Waals surface area contributed by atoms with Crippen LogP contribution in [0.15, 0.2) is 94.1 Å². The second-order valence-electron chi connectivity index (χ2n) is 8.62. The maximum absolute atomic E-state index is 12.7. The summed E-state index contributed by atoms with van der Waals surface area (Å²) in [6.07, 6.45) is 2.22. The third-order valence-electron chi connectivity index (χ3n) is 6.51. The summed E-state index contributed by atoms with van der Waals surface area (Å²) in [5, 5.41) is 4.07. The number of nitrogens with one attached hydrogen (secondary N) is 1. The molecule has 1 aliphatic rings. The van der Waals surface area contributed by atoms with Gasteiger partial charge in [0.1, 0.15) is 22.7 Å². The first kappa shape index (κ1) is 20.5. The van der Waals surface area contributed by atoms with Gasteiger partial charge in [-0.05, 0) is 44.0 Å². The van der Waals surface area contributed by atoms with Crippen LogP contribution >= 0.6 is 0 Å². The Hall–Kier alpha value is -3.37. The van der Waals surface area contributed by atoms with Crippen LogP contribution in [0.25, 0.3) is 22.3 Å². The molecule has 0 saturated carbocycles. The Morgan fingerprint density at radius 3 is 2.44 bits per heavy atom. The fourth-order valence-electron chi connectivity index (χ4n) is 4.66. The number of ether oxygens (including phenoxy) is 1. The van der Waals surface area contributed by atoms with Crippen LogP contribution in [0.2, 0.25) is 0 Å². The molecule has 1 saturated heterocycles. The van der Waals surface area contributed by atoms with E-state index in [0.29, 0.717) is 28.4 Å². The molecule has 1 aromatic heterocycles. The van der Waals surface area contributed by atoms with Crippen LogP contribution in [0.3, 0.4) is 0 Å². The average molecular weight is 426 g/mol. The standard InChI is InChI=1S/C28H27NO3/c1-28(21-11-6-3-7-12-21,22-13-8-16-29-19-22)32-23-14-15-24-25(30)18-26(31-27(24)17-23)20-9-4-2-5-10-20/h2-7,9-12,14-15,17-18,22,29H,8,13,16,19H2,1H3. The van der Waals surface area contributed by atoms with Crippen LogP contribution in [0, 0.1) is 5.92 Å². The van der Waals surface area contributed by atoms with Crippen LogP contribution in [0.1, 0.15) is 25.3 Å². The molecular weight excluding hydrogens is 398 g/mol. The van der Waals surface area contributed by atoms with Gasteiger partial charge in [0.05, 0.1) is 5.39 Å². The summed E-state index contributed by atoms with van der Waals surface area (Å²) in [7, 11) is 0. The van der Waals surface area contributed by atoms with E-state index in [-0.39, 0.29) is 5.43 Å². The topological polar surface area (TPSA) is 51.5 Å². The molecule has 0 spiro atoms. The largest absolute Gasteiger partial charge is 0.482 e. The van der Waals surface area contributed by atoms with Crippen molar-refractivity contribution in [1.29, 1.82) is 0 Å². The van der Waals surface area contributed by atoms with Crippen LogP contribution in [0.4, 0.5) is 0 Å². The minimum Gasteiger partial charge on any atom is -0.482 e. The third kappa shape index (κ3) is 3.94. The molecule has 3 aromatic carbocycles. The average Bonchev–Trinajstić information content (AvgIpc) is 2.85. The lowest BCUT2D eigenvalue weighted by molar-refractivity contribution is 0.0100. The van der Waals surface area contributed by atoms with Crippen molar-refractivity contribution in [1.82, 2.24) is 5.32 Å². The summed E-state index contributed by atoms with van der Waals surface area (Å²) in [5.74, 6) is 1.59. The Labute approximate surface area is 187 Å². The van der Waals surface area contributed by atoms with Gasteiger partial charge in [0.15, 0.2) is 5.43 Å². The molecule has 0 radical (unpaired) electrons. The van der Waals surface area contributed by atoms with Gasteiger partial charge in [-0.15, -0.1) is 0 Å². The van der Waals surface area contributed by atoms with Gasteiger partial charge in [0.2, 0.25) is 0 Å². The molecule has 4 heteroatoms. The van der Waals surface area contributed by atoms with Gasteiger partial charge < -0.3 is 14.5 Å². The predicted octanol–water partition coefficient (Wildman–Crippen LogP) is 5.75. The lowest BCUT2D eigenvalue weighted by atomic mass is 9.78. The fourth-order valence-corrected chi connectivity index (χ4v) is 4.66. The lowest BCUT2D eigenvalue weighted by Crippen LogP contribution is -2.46. The summed E-state index contributed by atoms with van der Waals surface area (Å²) in [5.41, 5.74) is 2.00. The predicted molar refractivity (Wildman–Crippen MR) is 128 cm³/mol. The van der Waals surface area contributed by atoms with Crippen LogP contribution in [-0.2, 0) is 5.60 Å². The van der Waals surface area contributed by atoms with Crippen molar-refractivity contribution in [3.05, 3.63) is 101 Å². The SMILES string of the molecule is CC(Oc1ccc2c(=O)cc(-c3ccccc3)oc2c1)(c1ccccc1)C1CCCNC1. The summed E-state index contributed by atoms with van der Waals surface area (Å²) in [6, 6.07) is 27.2. The summed E-state index contributed by atoms with van der Waals surface area (Å²) >= 11 is 0. The monoisotopic (exact) mass is 425 g/mol. The lowest BCUT2D eigenvalue weighted by Gasteiger charge is -2.40. The van der Waals surface area contributed by atoms with Crippen molar-refractivity contribution in [2.75, 3.05) is 13.1 Å². The fraction of sp³-hybridized carbons (Fsp3) is 0.250. The molecule has 0 aliphatic carbocycles. The van der Waals surface area contributed by atoms with Crippen molar-refractivity contribution < 1.29 is 9.15 Å². The first-order chi connectivity index (χ1) is 15.6. The van der Waals surface area contributed by atoms with Crippen LogP contribution in [0.5, 0.6) is 5.75 Å². The maximum Gasteiger partial charge on any atom is 0.193 e. The molecule has 4 aromatic rings. The molecule has 1 aliphatic heterocycles. The highest BCUT2D eigenvalue weighted by Gasteiger charge is 2.39. The summed E-state index contributed by atoms with van der Waals surface area (Å²) < 4.78 is 12.9. The quantitative estimate of drug-likeness (QED) is 0.442. The van der Waals surface area contributed by atoms with Gasteiger partial charge in [-0.25, -0.2) is 0 Å². The Morgan fingerprint density at radius 1 is 0.969 bits per heavy atom. The van der Waals surface area contributed by atoms with Gasteiger partial charge in [0, 0.05) is 30.2 Å². The van der Waals surface area contributed by atoms with E-state index in [9.17, 15) is 4.79 Å². The van der Waals surface area contributed by atoms with E-state index in [1.807, 2.05) is 48.5 Å². The van der Waals surface area contributed by atoms with E-state index in [2.05, 4.69) is 36.5 Å². The van der Waals surface area contributed by atoms with Crippen molar-refractivity contribution in [2.24, 2.45) is 5.92 Å². The van der Waals surface area contributed by atoms with Crippen molar-refractivity contribution in [3.8, 4) is 17.1 Å². The molecule has 2 heterocycles. The molecule has 2 unspecified atom stereocenters. The highest BCUT2D eigenvalue weighted by Crippen LogP contribution is 2.39. The Bertz CT molecular complexity index is 1260. The normalized spacial score (nSPS) is 18.2. The molecule has 1 fully saturated rings. The number of rotatable bonds is 5. The summed E-state index contributed by atoms with van der Waals surface area (Å²) in [6.45, 7) is 4.12. The van der Waals surface area contributed by atoms with Crippen LogP contribution < -0.4 is 15.5 Å². The first-order valence-electron chi connectivity index (χ1n) is 11.2. The van der Waals surface area contributed by atoms with Gasteiger partial charge in [0.25, 0.3) is 0 Å². The first-order valence-corrected chi connectivity index (χ1v) is 11.2. The maximum atomic E-state index is 12.7. The molecule has 4 nitrogen and oxygen atoms in total. The Morgan fingerprint density at radius 2 is 1.72 bits per heavy atom. The smallest absolute Gasteiger partial charge is 0.193 e. The Kier molecular flexibility index (Phi) is 5.54. The van der Waals surface area contributed by atoms with Crippen molar-refractivity contribution >= 4 is 11.0 Å². The molecule has 32 heavy (non-hydrogen) atoms. The highest BCUT2D eigenvalue weighted by molar-refractivity contribution is 5.80. The van der Waals surface area contributed by atoms with E-state index in [4.69, 9.17) is 9.15 Å². The second kappa shape index (κ2) is 8.64. The highest BCUT2D eigenvalue weighted by atomic mass is 16.5. The zero-order valence-corrected chi connectivity index (χ0v) is 18.2. The zero-order chi connectivity index (χ0) is 22.0. The number of piperidine rings is 1. The molecule has 162 valence electrons. The van der Waals surface area contributed by atoms with E-state index < -0.39 is 5.60 Å². The van der Waals surface area contributed by atoms with Crippen molar-refractivity contribution in [3.63, 3.8) is 0 Å². The molecule has 2 atom stereocenters. The number of benzene rings is 3. The molecule has 5 rings (SSSR count). The van der Waals surface area contributed by atoms with Gasteiger partial charge in [-0.2, -0.15) is 0 Å². The number of hydrogen-bond acceptors (Lipinski definition) is 4. The van der Waals surface area contributed by atoms with E-state index in [1.165, 1.54) is 0 Å². The van der Waals surface area contributed by atoms with E-state index in [1.54, 1.807) is 12.1 Å². The number of fused-ring (bicyclic) bond motifs is 1. The Balaban J connectivity index is 1.56. The molecule has 0 bridgehead atoms. The van der Waals surface area contributed by atoms with Gasteiger partial charge in [-0.3, -0.25) is 4.79 Å². The molecular formula is C28H27NO3.